The number of halogens is 1. The molecule has 6 heteroatoms. The second kappa shape index (κ2) is 8.21. The molecule has 21 heavy (non-hydrogen) atoms. The van der Waals surface area contributed by atoms with Gasteiger partial charge in [-0.25, -0.2) is 4.79 Å². The number of benzene rings is 1. The molecular formula is C15H21IN2O3. The third-order valence-corrected chi connectivity index (χ3v) is 3.10. The van der Waals surface area contributed by atoms with Crippen LogP contribution >= 0.6 is 22.6 Å². The van der Waals surface area contributed by atoms with Crippen molar-refractivity contribution in [3.05, 3.63) is 27.8 Å². The van der Waals surface area contributed by atoms with Crippen molar-refractivity contribution in [2.75, 3.05) is 11.9 Å². The maximum atomic E-state index is 11.7. The summed E-state index contributed by atoms with van der Waals surface area (Å²) in [5, 5.41) is 5.43. The van der Waals surface area contributed by atoms with Crippen molar-refractivity contribution >= 4 is 40.3 Å². The van der Waals surface area contributed by atoms with Gasteiger partial charge in [0.15, 0.2) is 0 Å². The van der Waals surface area contributed by atoms with Gasteiger partial charge in [-0.2, -0.15) is 0 Å². The van der Waals surface area contributed by atoms with Gasteiger partial charge >= 0.3 is 6.09 Å². The monoisotopic (exact) mass is 404 g/mol. The Bertz CT molecular complexity index is 481. The number of ether oxygens (including phenoxy) is 1. The SMILES string of the molecule is CC(C)(C)OC(=O)NCCCC(=O)Nc1ccc(I)cc1. The molecule has 116 valence electrons. The van der Waals surface area contributed by atoms with Gasteiger partial charge in [0, 0.05) is 22.2 Å². The predicted octanol–water partition coefficient (Wildman–Crippen LogP) is 3.53. The zero-order valence-corrected chi connectivity index (χ0v) is 14.7. The maximum absolute atomic E-state index is 11.7. The highest BCUT2D eigenvalue weighted by atomic mass is 127. The molecule has 0 radical (unpaired) electrons. The van der Waals surface area contributed by atoms with E-state index in [1.807, 2.05) is 24.3 Å². The largest absolute Gasteiger partial charge is 0.444 e. The molecule has 0 aliphatic heterocycles. The third kappa shape index (κ3) is 8.54. The van der Waals surface area contributed by atoms with Gasteiger partial charge in [0.1, 0.15) is 5.60 Å². The molecule has 0 aliphatic carbocycles. The second-order valence-electron chi connectivity index (χ2n) is 5.59. The number of rotatable bonds is 5. The first-order valence-electron chi connectivity index (χ1n) is 6.78. The highest BCUT2D eigenvalue weighted by Crippen LogP contribution is 2.11. The Kier molecular flexibility index (Phi) is 6.94. The van der Waals surface area contributed by atoms with Crippen LogP contribution in [0.15, 0.2) is 24.3 Å². The first-order valence-corrected chi connectivity index (χ1v) is 7.86. The fourth-order valence-corrected chi connectivity index (χ4v) is 1.87. The highest BCUT2D eigenvalue weighted by Gasteiger charge is 2.15. The minimum atomic E-state index is -0.508. The summed E-state index contributed by atoms with van der Waals surface area (Å²) >= 11 is 2.21. The molecule has 0 bridgehead atoms. The molecule has 0 aliphatic rings. The van der Waals surface area contributed by atoms with E-state index in [9.17, 15) is 9.59 Å². The Labute approximate surface area is 139 Å². The van der Waals surface area contributed by atoms with Crippen molar-refractivity contribution in [2.24, 2.45) is 0 Å². The van der Waals surface area contributed by atoms with Gasteiger partial charge in [-0.05, 0) is 74.0 Å². The molecule has 1 aromatic rings. The van der Waals surface area contributed by atoms with E-state index in [2.05, 4.69) is 33.2 Å². The van der Waals surface area contributed by atoms with Crippen molar-refractivity contribution in [1.29, 1.82) is 0 Å². The topological polar surface area (TPSA) is 67.4 Å². The lowest BCUT2D eigenvalue weighted by Crippen LogP contribution is -2.33. The zero-order valence-electron chi connectivity index (χ0n) is 12.5. The second-order valence-corrected chi connectivity index (χ2v) is 6.83. The van der Waals surface area contributed by atoms with Crippen LogP contribution < -0.4 is 10.6 Å². The molecule has 0 fully saturated rings. The fraction of sp³-hybridized carbons (Fsp3) is 0.467. The van der Waals surface area contributed by atoms with Gasteiger partial charge in [0.2, 0.25) is 5.91 Å². The molecule has 0 aromatic heterocycles. The molecule has 1 aromatic carbocycles. The van der Waals surface area contributed by atoms with Gasteiger partial charge in [-0.1, -0.05) is 0 Å². The molecule has 0 saturated heterocycles. The Hall–Kier alpha value is -1.31. The molecule has 2 amide bonds. The van der Waals surface area contributed by atoms with Gasteiger partial charge < -0.3 is 15.4 Å². The van der Waals surface area contributed by atoms with E-state index in [1.54, 1.807) is 20.8 Å². The molecular weight excluding hydrogens is 383 g/mol. The van der Waals surface area contributed by atoms with Crippen molar-refractivity contribution in [1.82, 2.24) is 5.32 Å². The van der Waals surface area contributed by atoms with Crippen LogP contribution in [0.1, 0.15) is 33.6 Å². The van der Waals surface area contributed by atoms with Crippen LogP contribution in [0.4, 0.5) is 10.5 Å². The number of anilines is 1. The van der Waals surface area contributed by atoms with E-state index in [1.165, 1.54) is 0 Å². The highest BCUT2D eigenvalue weighted by molar-refractivity contribution is 14.1. The number of amides is 2. The number of alkyl carbamates (subject to hydrolysis) is 1. The average Bonchev–Trinajstić information content (AvgIpc) is 2.35. The minimum absolute atomic E-state index is 0.0674. The summed E-state index contributed by atoms with van der Waals surface area (Å²) in [4.78, 5) is 23.1. The van der Waals surface area contributed by atoms with Crippen LogP contribution in [0.25, 0.3) is 0 Å². The maximum Gasteiger partial charge on any atom is 0.407 e. The van der Waals surface area contributed by atoms with E-state index in [4.69, 9.17) is 4.74 Å². The molecule has 5 nitrogen and oxygen atoms in total. The van der Waals surface area contributed by atoms with Crippen LogP contribution in [0.2, 0.25) is 0 Å². The van der Waals surface area contributed by atoms with Crippen LogP contribution in [0.5, 0.6) is 0 Å². The number of carbonyl (C=O) groups excluding carboxylic acids is 2. The molecule has 2 N–H and O–H groups in total. The Morgan fingerprint density at radius 2 is 1.81 bits per heavy atom. The molecule has 0 atom stereocenters. The van der Waals surface area contributed by atoms with Crippen molar-refractivity contribution in [3.8, 4) is 0 Å². The summed E-state index contributed by atoms with van der Waals surface area (Å²) in [6.45, 7) is 5.83. The third-order valence-electron chi connectivity index (χ3n) is 2.38. The quantitative estimate of drug-likeness (QED) is 0.583. The number of hydrogen-bond donors (Lipinski definition) is 2. The van der Waals surface area contributed by atoms with E-state index in [-0.39, 0.29) is 5.91 Å². The molecule has 0 heterocycles. The van der Waals surface area contributed by atoms with E-state index in [0.717, 1.165) is 9.26 Å². The van der Waals surface area contributed by atoms with Gasteiger partial charge in [-0.3, -0.25) is 4.79 Å². The number of carbonyl (C=O) groups is 2. The van der Waals surface area contributed by atoms with Crippen LogP contribution in [-0.2, 0) is 9.53 Å². The summed E-state index contributed by atoms with van der Waals surface area (Å²) in [5.74, 6) is -0.0674. The first kappa shape index (κ1) is 17.7. The zero-order chi connectivity index (χ0) is 15.9. The summed E-state index contributed by atoms with van der Waals surface area (Å²) in [5.41, 5.74) is 0.271. The number of nitrogens with one attached hydrogen (secondary N) is 2. The lowest BCUT2D eigenvalue weighted by molar-refractivity contribution is -0.116. The van der Waals surface area contributed by atoms with Gasteiger partial charge in [-0.15, -0.1) is 0 Å². The van der Waals surface area contributed by atoms with Crippen molar-refractivity contribution < 1.29 is 14.3 Å². The minimum Gasteiger partial charge on any atom is -0.444 e. The van der Waals surface area contributed by atoms with Crippen molar-refractivity contribution in [3.63, 3.8) is 0 Å². The summed E-state index contributed by atoms with van der Waals surface area (Å²) < 4.78 is 6.22. The Morgan fingerprint density at radius 3 is 2.38 bits per heavy atom. The Morgan fingerprint density at radius 1 is 1.19 bits per heavy atom. The predicted molar refractivity (Wildman–Crippen MR) is 91.3 cm³/mol. The summed E-state index contributed by atoms with van der Waals surface area (Å²) in [7, 11) is 0. The molecule has 1 rings (SSSR count). The van der Waals surface area contributed by atoms with Gasteiger partial charge in [0.25, 0.3) is 0 Å². The molecule has 0 spiro atoms. The number of hydrogen-bond acceptors (Lipinski definition) is 3. The molecule has 0 saturated carbocycles. The summed E-state index contributed by atoms with van der Waals surface area (Å²) in [6.07, 6.45) is 0.456. The fourth-order valence-electron chi connectivity index (χ4n) is 1.51. The van der Waals surface area contributed by atoms with E-state index in [0.29, 0.717) is 19.4 Å². The van der Waals surface area contributed by atoms with E-state index < -0.39 is 11.7 Å². The van der Waals surface area contributed by atoms with Crippen LogP contribution in [0, 0.1) is 3.57 Å². The van der Waals surface area contributed by atoms with Crippen LogP contribution in [-0.4, -0.2) is 24.1 Å². The molecule has 0 unspecified atom stereocenters. The smallest absolute Gasteiger partial charge is 0.407 e. The standard InChI is InChI=1S/C15H21IN2O3/c1-15(2,3)21-14(20)17-10-4-5-13(19)18-12-8-6-11(16)7-9-12/h6-9H,4-5,10H2,1-3H3,(H,17,20)(H,18,19). The van der Waals surface area contributed by atoms with Crippen LogP contribution in [0.3, 0.4) is 0 Å². The normalized spacial score (nSPS) is 10.9. The van der Waals surface area contributed by atoms with Gasteiger partial charge in [0.05, 0.1) is 0 Å². The van der Waals surface area contributed by atoms with Crippen molar-refractivity contribution in [2.45, 2.75) is 39.2 Å². The lowest BCUT2D eigenvalue weighted by Gasteiger charge is -2.19. The Balaban J connectivity index is 2.19. The first-order chi connectivity index (χ1) is 9.76. The van der Waals surface area contributed by atoms with E-state index >= 15 is 0 Å². The summed E-state index contributed by atoms with van der Waals surface area (Å²) in [6, 6.07) is 7.58. The lowest BCUT2D eigenvalue weighted by atomic mass is 10.2. The average molecular weight is 404 g/mol.